The van der Waals surface area contributed by atoms with E-state index in [1.807, 2.05) is 6.08 Å². The molecule has 0 heterocycles. The van der Waals surface area contributed by atoms with Crippen LogP contribution >= 0.6 is 0 Å². The third kappa shape index (κ3) is 10.7. The summed E-state index contributed by atoms with van der Waals surface area (Å²) in [5.74, 6) is 8.64. The van der Waals surface area contributed by atoms with Gasteiger partial charge in [-0.25, -0.2) is 0 Å². The van der Waals surface area contributed by atoms with Gasteiger partial charge in [0.1, 0.15) is 14.4 Å². The zero-order valence-electron chi connectivity index (χ0n) is 9.05. The molecule has 1 nitrogen and oxygen atoms in total. The first-order valence-corrected chi connectivity index (χ1v) is 8.16. The Labute approximate surface area is 87.6 Å². The molecule has 0 fully saturated rings. The molecule has 0 saturated heterocycles. The average Bonchev–Trinajstić information content (AvgIpc) is 2.08. The minimum Gasteiger partial charge on any atom is -0.299 e. The molecule has 0 aliphatic carbocycles. The van der Waals surface area contributed by atoms with Gasteiger partial charge in [-0.05, 0) is 24.3 Å². The number of carbonyl (C=O) groups is 1. The molecule has 0 aromatic heterocycles. The smallest absolute Gasteiger partial charge is 0.142 e. The van der Waals surface area contributed by atoms with Crippen LogP contribution in [-0.2, 0) is 4.79 Å². The summed E-state index contributed by atoms with van der Waals surface area (Å²) in [5, 5.41) is 0. The van der Waals surface area contributed by atoms with Crippen LogP contribution in [0.3, 0.4) is 0 Å². The van der Waals surface area contributed by atoms with Crippen molar-refractivity contribution < 1.29 is 4.79 Å². The summed E-state index contributed by atoms with van der Waals surface area (Å²) in [7, 11) is -1.26. The van der Waals surface area contributed by atoms with Crippen molar-refractivity contribution in [2.45, 2.75) is 32.5 Å². The van der Waals surface area contributed by atoms with Crippen LogP contribution in [0.15, 0.2) is 12.2 Å². The predicted molar refractivity (Wildman–Crippen MR) is 63.3 cm³/mol. The predicted octanol–water partition coefficient (Wildman–Crippen LogP) is 2.41. The van der Waals surface area contributed by atoms with Crippen LogP contribution in [0.25, 0.3) is 0 Å². The van der Waals surface area contributed by atoms with E-state index in [0.717, 1.165) is 19.1 Å². The van der Waals surface area contributed by atoms with Crippen molar-refractivity contribution >= 4 is 14.4 Å². The van der Waals surface area contributed by atoms with E-state index in [4.69, 9.17) is 0 Å². The van der Waals surface area contributed by atoms with Gasteiger partial charge in [-0.1, -0.05) is 31.6 Å². The first kappa shape index (κ1) is 12.7. The lowest BCUT2D eigenvalue weighted by molar-refractivity contribution is -0.104. The van der Waals surface area contributed by atoms with Crippen molar-refractivity contribution in [3.63, 3.8) is 0 Å². The van der Waals surface area contributed by atoms with Crippen LogP contribution < -0.4 is 0 Å². The van der Waals surface area contributed by atoms with Gasteiger partial charge in [-0.3, -0.25) is 4.79 Å². The number of hydrogen-bond acceptors (Lipinski definition) is 1. The van der Waals surface area contributed by atoms with Crippen molar-refractivity contribution in [3.8, 4) is 23.3 Å². The standard InChI is InChI=1S/C12H16OSi/c1-14(2,3)12-10-8-6-4-5-7-9-11-13/h7,9,11H,4-5H2,1-3H3. The Morgan fingerprint density at radius 3 is 2.50 bits per heavy atom. The normalized spacial score (nSPS) is 9.93. The van der Waals surface area contributed by atoms with Crippen LogP contribution in [0.5, 0.6) is 0 Å². The fourth-order valence-corrected chi connectivity index (χ4v) is 1.07. The molecule has 74 valence electrons. The van der Waals surface area contributed by atoms with E-state index in [1.165, 1.54) is 6.08 Å². The summed E-state index contributed by atoms with van der Waals surface area (Å²) in [6, 6.07) is 0. The summed E-state index contributed by atoms with van der Waals surface area (Å²) >= 11 is 0. The second-order valence-electron chi connectivity index (χ2n) is 3.90. The highest BCUT2D eigenvalue weighted by atomic mass is 28.3. The van der Waals surface area contributed by atoms with E-state index in [0.29, 0.717) is 0 Å². The zero-order chi connectivity index (χ0) is 10.9. The fraction of sp³-hybridized carbons (Fsp3) is 0.417. The van der Waals surface area contributed by atoms with Gasteiger partial charge in [0, 0.05) is 6.42 Å². The highest BCUT2D eigenvalue weighted by molar-refractivity contribution is 6.83. The van der Waals surface area contributed by atoms with E-state index in [2.05, 4.69) is 42.9 Å². The minimum atomic E-state index is -1.26. The van der Waals surface area contributed by atoms with Gasteiger partial charge in [0.05, 0.1) is 0 Å². The maximum atomic E-state index is 9.91. The molecular weight excluding hydrogens is 188 g/mol. The molecule has 0 aromatic carbocycles. The Hall–Kier alpha value is -1.25. The monoisotopic (exact) mass is 204 g/mol. The molecule has 0 unspecified atom stereocenters. The number of rotatable bonds is 3. The van der Waals surface area contributed by atoms with E-state index in [9.17, 15) is 4.79 Å². The van der Waals surface area contributed by atoms with Crippen molar-refractivity contribution in [2.75, 3.05) is 0 Å². The van der Waals surface area contributed by atoms with Crippen LogP contribution in [0.2, 0.25) is 19.6 Å². The second kappa shape index (κ2) is 7.18. The Morgan fingerprint density at radius 2 is 1.93 bits per heavy atom. The topological polar surface area (TPSA) is 17.1 Å². The summed E-state index contributed by atoms with van der Waals surface area (Å²) in [6.45, 7) is 6.57. The average molecular weight is 204 g/mol. The first-order chi connectivity index (χ1) is 6.56. The molecule has 0 radical (unpaired) electrons. The van der Waals surface area contributed by atoms with Gasteiger partial charge >= 0.3 is 0 Å². The highest BCUT2D eigenvalue weighted by Crippen LogP contribution is 1.95. The molecule has 0 bridgehead atoms. The van der Waals surface area contributed by atoms with Gasteiger partial charge in [0.2, 0.25) is 0 Å². The Morgan fingerprint density at radius 1 is 1.21 bits per heavy atom. The van der Waals surface area contributed by atoms with E-state index in [1.54, 1.807) is 0 Å². The molecule has 0 atom stereocenters. The summed E-state index contributed by atoms with van der Waals surface area (Å²) in [5.41, 5.74) is 3.17. The molecule has 0 saturated carbocycles. The molecular formula is C12H16OSi. The Kier molecular flexibility index (Phi) is 6.54. The molecule has 0 aliphatic heterocycles. The summed E-state index contributed by atoms with van der Waals surface area (Å²) < 4.78 is 0. The first-order valence-electron chi connectivity index (χ1n) is 4.66. The maximum absolute atomic E-state index is 9.91. The van der Waals surface area contributed by atoms with E-state index >= 15 is 0 Å². The molecule has 0 amide bonds. The maximum Gasteiger partial charge on any atom is 0.142 e. The quantitative estimate of drug-likeness (QED) is 0.227. The fourth-order valence-electron chi connectivity index (χ4n) is 0.633. The van der Waals surface area contributed by atoms with Gasteiger partial charge < -0.3 is 0 Å². The minimum absolute atomic E-state index is 0.769. The van der Waals surface area contributed by atoms with Crippen molar-refractivity contribution in [2.24, 2.45) is 0 Å². The lowest BCUT2D eigenvalue weighted by Gasteiger charge is -2.01. The molecule has 2 heteroatoms. The van der Waals surface area contributed by atoms with Crippen molar-refractivity contribution in [1.29, 1.82) is 0 Å². The van der Waals surface area contributed by atoms with Gasteiger partial charge in [-0.15, -0.1) is 5.54 Å². The highest BCUT2D eigenvalue weighted by Gasteiger charge is 2.06. The van der Waals surface area contributed by atoms with Crippen molar-refractivity contribution in [3.05, 3.63) is 12.2 Å². The summed E-state index contributed by atoms with van der Waals surface area (Å²) in [6.07, 6.45) is 5.67. The second-order valence-corrected chi connectivity index (χ2v) is 8.65. The molecule has 0 aliphatic rings. The Balaban J connectivity index is 3.78. The molecule has 14 heavy (non-hydrogen) atoms. The number of unbranched alkanes of at least 4 members (excludes halogenated alkanes) is 1. The SMILES string of the molecule is C[Si](C)(C)C#CC#CCCC=CC=O. The van der Waals surface area contributed by atoms with Gasteiger partial charge in [0.15, 0.2) is 0 Å². The van der Waals surface area contributed by atoms with Crippen LogP contribution in [-0.4, -0.2) is 14.4 Å². The number of aldehydes is 1. The number of carbonyl (C=O) groups excluding carboxylic acids is 1. The molecule has 0 spiro atoms. The molecule has 0 aromatic rings. The van der Waals surface area contributed by atoms with Crippen LogP contribution in [0, 0.1) is 23.3 Å². The summed E-state index contributed by atoms with van der Waals surface area (Å²) in [4.78, 5) is 9.91. The van der Waals surface area contributed by atoms with Crippen molar-refractivity contribution in [1.82, 2.24) is 0 Å². The van der Waals surface area contributed by atoms with E-state index < -0.39 is 8.07 Å². The van der Waals surface area contributed by atoms with Crippen LogP contribution in [0.1, 0.15) is 12.8 Å². The third-order valence-electron chi connectivity index (χ3n) is 1.24. The van der Waals surface area contributed by atoms with Crippen LogP contribution in [0.4, 0.5) is 0 Å². The Bertz CT molecular complexity index is 312. The lowest BCUT2D eigenvalue weighted by atomic mass is 10.3. The lowest BCUT2D eigenvalue weighted by Crippen LogP contribution is -2.16. The molecule has 0 rings (SSSR count). The third-order valence-corrected chi connectivity index (χ3v) is 2.11. The largest absolute Gasteiger partial charge is 0.299 e. The number of allylic oxidation sites excluding steroid dienone is 2. The van der Waals surface area contributed by atoms with Gasteiger partial charge in [0.25, 0.3) is 0 Å². The molecule has 0 N–H and O–H groups in total. The van der Waals surface area contributed by atoms with Gasteiger partial charge in [-0.2, -0.15) is 0 Å². The van der Waals surface area contributed by atoms with E-state index in [-0.39, 0.29) is 0 Å². The number of hydrogen-bond donors (Lipinski definition) is 0. The zero-order valence-corrected chi connectivity index (χ0v) is 10.1.